The van der Waals surface area contributed by atoms with E-state index in [1.807, 2.05) is 12.1 Å². The Morgan fingerprint density at radius 2 is 1.86 bits per heavy atom. The number of allylic oxidation sites excluding steroid dienone is 2. The molecule has 1 N–H and O–H groups in total. The summed E-state index contributed by atoms with van der Waals surface area (Å²) in [6, 6.07) is 8.50. The molecule has 0 radical (unpaired) electrons. The highest BCUT2D eigenvalue weighted by molar-refractivity contribution is 5.84. The Bertz CT molecular complexity index is 917. The molecule has 2 aromatic rings. The van der Waals surface area contributed by atoms with Gasteiger partial charge in [0.25, 0.3) is 0 Å². The summed E-state index contributed by atoms with van der Waals surface area (Å²) in [5, 5.41) is 8.81. The number of halogens is 3. The third-order valence-electron chi connectivity index (χ3n) is 4.83. The highest BCUT2D eigenvalue weighted by Gasteiger charge is 2.30. The summed E-state index contributed by atoms with van der Waals surface area (Å²) in [6.07, 6.45) is 2.24. The van der Waals surface area contributed by atoms with Crippen LogP contribution in [0.25, 0.3) is 5.57 Å². The monoisotopic (exact) mass is 402 g/mol. The van der Waals surface area contributed by atoms with Crippen molar-refractivity contribution in [1.29, 1.82) is 0 Å². The van der Waals surface area contributed by atoms with Crippen molar-refractivity contribution in [1.82, 2.24) is 4.98 Å². The number of pyridine rings is 1. The van der Waals surface area contributed by atoms with Crippen LogP contribution in [0.1, 0.15) is 30.0 Å². The number of carboxylic acids is 1. The summed E-state index contributed by atoms with van der Waals surface area (Å²) < 4.78 is 38.5. The molecule has 1 aliphatic heterocycles. The topological polar surface area (TPSA) is 53.4 Å². The fraction of sp³-hybridized carbons (Fsp3) is 0.273. The molecule has 7 heteroatoms. The van der Waals surface area contributed by atoms with E-state index < -0.39 is 17.7 Å². The highest BCUT2D eigenvalue weighted by Crippen LogP contribution is 2.32. The number of nitrogens with zero attached hydrogens (tertiary/aromatic N) is 2. The van der Waals surface area contributed by atoms with Crippen LogP contribution in [0.15, 0.2) is 60.8 Å². The summed E-state index contributed by atoms with van der Waals surface area (Å²) in [5.74, 6) is 0.357. The van der Waals surface area contributed by atoms with E-state index >= 15 is 0 Å². The zero-order valence-electron chi connectivity index (χ0n) is 15.9. The molecule has 2 heterocycles. The van der Waals surface area contributed by atoms with Gasteiger partial charge in [-0.1, -0.05) is 31.2 Å². The van der Waals surface area contributed by atoms with Crippen LogP contribution in [0.2, 0.25) is 0 Å². The van der Waals surface area contributed by atoms with Crippen LogP contribution in [0, 0.1) is 5.92 Å². The normalized spacial score (nSPS) is 17.9. The molecule has 1 atom stereocenters. The van der Waals surface area contributed by atoms with Gasteiger partial charge in [0.1, 0.15) is 5.82 Å². The Morgan fingerprint density at radius 1 is 1.17 bits per heavy atom. The number of carboxylic acid groups (broad SMARTS) is 1. The van der Waals surface area contributed by atoms with Crippen molar-refractivity contribution in [2.24, 2.45) is 5.92 Å². The molecule has 1 aromatic heterocycles. The molecule has 29 heavy (non-hydrogen) atoms. The molecule has 0 saturated carbocycles. The lowest BCUT2D eigenvalue weighted by Gasteiger charge is -2.17. The minimum absolute atomic E-state index is 0.539. The first-order chi connectivity index (χ1) is 13.7. The Labute approximate surface area is 167 Å². The molecule has 1 unspecified atom stereocenters. The van der Waals surface area contributed by atoms with Gasteiger partial charge < -0.3 is 10.0 Å². The minimum atomic E-state index is -4.41. The Hall–Kier alpha value is -3.09. The number of hydrogen-bond donors (Lipinski definition) is 1. The van der Waals surface area contributed by atoms with Crippen LogP contribution in [0.4, 0.5) is 19.0 Å². The maximum Gasteiger partial charge on any atom is 0.416 e. The maximum atomic E-state index is 12.8. The van der Waals surface area contributed by atoms with Gasteiger partial charge in [0.15, 0.2) is 0 Å². The van der Waals surface area contributed by atoms with Gasteiger partial charge in [-0.25, -0.2) is 9.78 Å². The molecular formula is C22H21F3N2O2. The zero-order valence-corrected chi connectivity index (χ0v) is 15.9. The Balaban J connectivity index is 1.92. The minimum Gasteiger partial charge on any atom is -0.478 e. The first kappa shape index (κ1) is 20.6. The second-order valence-electron chi connectivity index (χ2n) is 7.10. The number of benzene rings is 1. The van der Waals surface area contributed by atoms with Crippen LogP contribution >= 0.6 is 0 Å². The smallest absolute Gasteiger partial charge is 0.416 e. The van der Waals surface area contributed by atoms with Crippen LogP contribution in [-0.2, 0) is 11.0 Å². The van der Waals surface area contributed by atoms with Crippen LogP contribution in [0.3, 0.4) is 0 Å². The van der Waals surface area contributed by atoms with E-state index in [9.17, 15) is 18.0 Å². The summed E-state index contributed by atoms with van der Waals surface area (Å²) in [6.45, 7) is 4.07. The molecule has 0 aliphatic carbocycles. The average molecular weight is 402 g/mol. The number of carbonyl (C=O) groups is 1. The standard InChI is InChI=1S/C22H21F3N2O2/c1-15-11-12-27(14-15)20-10-7-17(13-26-20)19(3-2-4-21(28)29)16-5-8-18(9-6-16)22(23,24)25/h2-10,13,15H,11-12,14H2,1H3,(H,28,29). The van der Waals surface area contributed by atoms with Crippen molar-refractivity contribution in [2.75, 3.05) is 18.0 Å². The number of alkyl halides is 3. The van der Waals surface area contributed by atoms with E-state index in [1.54, 1.807) is 12.3 Å². The third-order valence-corrected chi connectivity index (χ3v) is 4.83. The van der Waals surface area contributed by atoms with Crippen molar-refractivity contribution < 1.29 is 23.1 Å². The SMILES string of the molecule is CC1CCN(c2ccc(C(=CC=CC(=O)O)c3ccc(C(F)(F)F)cc3)cn2)C1. The van der Waals surface area contributed by atoms with Gasteiger partial charge in [0.05, 0.1) is 5.56 Å². The molecule has 4 nitrogen and oxygen atoms in total. The van der Waals surface area contributed by atoms with E-state index in [-0.39, 0.29) is 0 Å². The number of anilines is 1. The molecule has 152 valence electrons. The predicted octanol–water partition coefficient (Wildman–Crippen LogP) is 5.02. The van der Waals surface area contributed by atoms with E-state index in [1.165, 1.54) is 18.2 Å². The van der Waals surface area contributed by atoms with Gasteiger partial charge in [-0.2, -0.15) is 13.2 Å². The van der Waals surface area contributed by atoms with E-state index in [2.05, 4.69) is 16.8 Å². The van der Waals surface area contributed by atoms with Gasteiger partial charge in [-0.05, 0) is 47.7 Å². The molecule has 0 bridgehead atoms. The van der Waals surface area contributed by atoms with E-state index in [0.29, 0.717) is 22.6 Å². The molecule has 1 fully saturated rings. The van der Waals surface area contributed by atoms with Crippen molar-refractivity contribution in [2.45, 2.75) is 19.5 Å². The Morgan fingerprint density at radius 3 is 2.38 bits per heavy atom. The van der Waals surface area contributed by atoms with Gasteiger partial charge in [0, 0.05) is 30.9 Å². The van der Waals surface area contributed by atoms with Gasteiger partial charge in [0.2, 0.25) is 0 Å². The lowest BCUT2D eigenvalue weighted by atomic mass is 9.97. The largest absolute Gasteiger partial charge is 0.478 e. The number of aromatic nitrogens is 1. The molecule has 0 spiro atoms. The Kier molecular flexibility index (Phi) is 6.06. The second kappa shape index (κ2) is 8.51. The molecule has 3 rings (SSSR count). The van der Waals surface area contributed by atoms with Crippen LogP contribution < -0.4 is 4.90 Å². The summed E-state index contributed by atoms with van der Waals surface area (Å²) in [7, 11) is 0. The average Bonchev–Trinajstić information content (AvgIpc) is 3.11. The third kappa shape index (κ3) is 5.25. The van der Waals surface area contributed by atoms with Gasteiger partial charge in [-0.15, -0.1) is 0 Å². The zero-order chi connectivity index (χ0) is 21.0. The predicted molar refractivity (Wildman–Crippen MR) is 106 cm³/mol. The van der Waals surface area contributed by atoms with Crippen molar-refractivity contribution >= 4 is 17.4 Å². The van der Waals surface area contributed by atoms with Crippen molar-refractivity contribution in [3.8, 4) is 0 Å². The fourth-order valence-corrected chi connectivity index (χ4v) is 3.30. The lowest BCUT2D eigenvalue weighted by Crippen LogP contribution is -2.20. The van der Waals surface area contributed by atoms with Gasteiger partial charge >= 0.3 is 12.1 Å². The summed E-state index contributed by atoms with van der Waals surface area (Å²) in [5.41, 5.74) is 1.08. The van der Waals surface area contributed by atoms with Crippen LogP contribution in [0.5, 0.6) is 0 Å². The first-order valence-corrected chi connectivity index (χ1v) is 9.24. The van der Waals surface area contributed by atoms with Crippen molar-refractivity contribution in [3.63, 3.8) is 0 Å². The maximum absolute atomic E-state index is 12.8. The second-order valence-corrected chi connectivity index (χ2v) is 7.10. The first-order valence-electron chi connectivity index (χ1n) is 9.24. The molecule has 1 aliphatic rings. The molecule has 1 saturated heterocycles. The van der Waals surface area contributed by atoms with Crippen molar-refractivity contribution in [3.05, 3.63) is 77.5 Å². The molecular weight excluding hydrogens is 381 g/mol. The number of hydrogen-bond acceptors (Lipinski definition) is 3. The van der Waals surface area contributed by atoms with E-state index in [4.69, 9.17) is 5.11 Å². The molecule has 1 aromatic carbocycles. The van der Waals surface area contributed by atoms with Crippen LogP contribution in [-0.4, -0.2) is 29.1 Å². The lowest BCUT2D eigenvalue weighted by molar-refractivity contribution is -0.137. The highest BCUT2D eigenvalue weighted by atomic mass is 19.4. The number of aliphatic carboxylic acids is 1. The molecule has 0 amide bonds. The fourth-order valence-electron chi connectivity index (χ4n) is 3.30. The quantitative estimate of drug-likeness (QED) is 0.564. The summed E-state index contributed by atoms with van der Waals surface area (Å²) in [4.78, 5) is 17.5. The van der Waals surface area contributed by atoms with Gasteiger partial charge in [-0.3, -0.25) is 0 Å². The summed E-state index contributed by atoms with van der Waals surface area (Å²) >= 11 is 0. The van der Waals surface area contributed by atoms with E-state index in [0.717, 1.165) is 43.5 Å². The number of rotatable bonds is 5.